The molecule has 62 valence electrons. The molecule has 1 unspecified atom stereocenters. The van der Waals surface area contributed by atoms with E-state index in [1.165, 1.54) is 0 Å². The normalized spacial score (nSPS) is 12.1. The number of hydrazine groups is 1. The molecule has 0 aliphatic carbocycles. The molecule has 1 rings (SSSR count). The highest BCUT2D eigenvalue weighted by atomic mass is 15.2. The number of nitrogens with one attached hydrogen (secondary N) is 1. The molecule has 3 heteroatoms. The maximum atomic E-state index is 5.23. The minimum atomic E-state index is -0.252. The van der Waals surface area contributed by atoms with Crippen LogP contribution in [-0.4, -0.2) is 4.98 Å². The van der Waals surface area contributed by atoms with Gasteiger partial charge in [0.15, 0.2) is 0 Å². The van der Waals surface area contributed by atoms with Gasteiger partial charge < -0.3 is 0 Å². The zero-order chi connectivity index (χ0) is 8.97. The van der Waals surface area contributed by atoms with Crippen molar-refractivity contribution in [2.45, 2.75) is 13.0 Å². The molecule has 0 saturated heterocycles. The molecular formula is C9H11N3. The predicted octanol–water partition coefficient (Wildman–Crippen LogP) is 0.528. The Morgan fingerprint density at radius 2 is 2.42 bits per heavy atom. The van der Waals surface area contributed by atoms with Gasteiger partial charge in [-0.1, -0.05) is 12.0 Å². The van der Waals surface area contributed by atoms with Crippen LogP contribution in [0.1, 0.15) is 17.3 Å². The summed E-state index contributed by atoms with van der Waals surface area (Å²) in [5.41, 5.74) is 4.38. The van der Waals surface area contributed by atoms with Gasteiger partial charge >= 0.3 is 0 Å². The largest absolute Gasteiger partial charge is 0.270 e. The van der Waals surface area contributed by atoms with Gasteiger partial charge in [-0.15, -0.1) is 6.42 Å². The van der Waals surface area contributed by atoms with Crippen molar-refractivity contribution >= 4 is 0 Å². The summed E-state index contributed by atoms with van der Waals surface area (Å²) < 4.78 is 0. The smallest absolute Gasteiger partial charge is 0.108 e. The molecule has 1 atom stereocenters. The van der Waals surface area contributed by atoms with Crippen LogP contribution in [0.4, 0.5) is 0 Å². The van der Waals surface area contributed by atoms with Crippen LogP contribution in [0.25, 0.3) is 0 Å². The van der Waals surface area contributed by atoms with E-state index in [-0.39, 0.29) is 6.04 Å². The Balaban J connectivity index is 2.89. The van der Waals surface area contributed by atoms with Gasteiger partial charge in [0.1, 0.15) is 6.04 Å². The first kappa shape index (κ1) is 8.72. The molecule has 3 N–H and O–H groups in total. The van der Waals surface area contributed by atoms with Crippen molar-refractivity contribution in [1.82, 2.24) is 10.4 Å². The average Bonchev–Trinajstić information content (AvgIpc) is 2.10. The van der Waals surface area contributed by atoms with Crippen LogP contribution in [0.3, 0.4) is 0 Å². The fraction of sp³-hybridized carbons (Fsp3) is 0.222. The quantitative estimate of drug-likeness (QED) is 0.378. The molecule has 0 bridgehead atoms. The monoisotopic (exact) mass is 161 g/mol. The number of pyridine rings is 1. The highest BCUT2D eigenvalue weighted by molar-refractivity contribution is 5.23. The predicted molar refractivity (Wildman–Crippen MR) is 47.9 cm³/mol. The molecule has 0 saturated carbocycles. The number of nitrogens with two attached hydrogens (primary N) is 1. The Hall–Kier alpha value is -1.37. The summed E-state index contributed by atoms with van der Waals surface area (Å²) in [6.45, 7) is 1.92. The molecule has 12 heavy (non-hydrogen) atoms. The van der Waals surface area contributed by atoms with Gasteiger partial charge in [-0.05, 0) is 13.0 Å². The van der Waals surface area contributed by atoms with Crippen molar-refractivity contribution in [3.05, 3.63) is 29.6 Å². The van der Waals surface area contributed by atoms with Gasteiger partial charge in [0.2, 0.25) is 0 Å². The van der Waals surface area contributed by atoms with Crippen LogP contribution >= 0.6 is 0 Å². The van der Waals surface area contributed by atoms with Gasteiger partial charge in [-0.25, -0.2) is 5.43 Å². The van der Waals surface area contributed by atoms with E-state index < -0.39 is 0 Å². The molecule has 1 aromatic rings. The maximum absolute atomic E-state index is 5.23. The van der Waals surface area contributed by atoms with Gasteiger partial charge in [0.05, 0.1) is 0 Å². The lowest BCUT2D eigenvalue weighted by atomic mass is 10.1. The van der Waals surface area contributed by atoms with Crippen LogP contribution in [0.15, 0.2) is 18.3 Å². The van der Waals surface area contributed by atoms with E-state index in [2.05, 4.69) is 16.3 Å². The Labute approximate surface area is 72.0 Å². The van der Waals surface area contributed by atoms with E-state index in [0.29, 0.717) is 0 Å². The Morgan fingerprint density at radius 1 is 1.67 bits per heavy atom. The van der Waals surface area contributed by atoms with Crippen LogP contribution in [-0.2, 0) is 0 Å². The molecule has 1 aromatic heterocycles. The van der Waals surface area contributed by atoms with Crippen molar-refractivity contribution in [2.75, 3.05) is 0 Å². The van der Waals surface area contributed by atoms with Crippen molar-refractivity contribution in [3.63, 3.8) is 0 Å². The number of nitrogens with zero attached hydrogens (tertiary/aromatic N) is 1. The number of rotatable bonds is 2. The van der Waals surface area contributed by atoms with Gasteiger partial charge in [-0.2, -0.15) is 0 Å². The first-order valence-corrected chi connectivity index (χ1v) is 3.62. The number of hydrogen-bond acceptors (Lipinski definition) is 3. The molecule has 0 aromatic carbocycles. The van der Waals surface area contributed by atoms with E-state index in [4.69, 9.17) is 12.3 Å². The summed E-state index contributed by atoms with van der Waals surface area (Å²) >= 11 is 0. The first-order chi connectivity index (χ1) is 5.77. The molecule has 1 heterocycles. The molecule has 0 fully saturated rings. The minimum absolute atomic E-state index is 0.252. The number of terminal acetylenes is 1. The lowest BCUT2D eigenvalue weighted by Crippen LogP contribution is -2.26. The third kappa shape index (κ3) is 1.82. The standard InChI is InChI=1S/C9H11N3/c1-3-9(12-10)8-5-4-7(2)11-6-8/h1,4-6,9,12H,10H2,2H3. The molecule has 0 amide bonds. The second kappa shape index (κ2) is 3.86. The average molecular weight is 161 g/mol. The molecule has 0 spiro atoms. The van der Waals surface area contributed by atoms with E-state index in [9.17, 15) is 0 Å². The third-order valence-electron chi connectivity index (χ3n) is 1.60. The topological polar surface area (TPSA) is 50.9 Å². The maximum Gasteiger partial charge on any atom is 0.108 e. The summed E-state index contributed by atoms with van der Waals surface area (Å²) in [4.78, 5) is 4.10. The second-order valence-corrected chi connectivity index (χ2v) is 2.50. The highest BCUT2D eigenvalue weighted by Crippen LogP contribution is 2.09. The van der Waals surface area contributed by atoms with Gasteiger partial charge in [-0.3, -0.25) is 10.8 Å². The van der Waals surface area contributed by atoms with E-state index >= 15 is 0 Å². The number of aryl methyl sites for hydroxylation is 1. The first-order valence-electron chi connectivity index (χ1n) is 3.62. The fourth-order valence-corrected chi connectivity index (χ4v) is 0.891. The lowest BCUT2D eigenvalue weighted by molar-refractivity contribution is 0.671. The SMILES string of the molecule is C#CC(NN)c1ccc(C)nc1. The lowest BCUT2D eigenvalue weighted by Gasteiger charge is -2.08. The molecule has 3 nitrogen and oxygen atoms in total. The van der Waals surface area contributed by atoms with Crippen LogP contribution < -0.4 is 11.3 Å². The number of aromatic nitrogens is 1. The molecule has 0 aliphatic rings. The Bertz CT molecular complexity index is 284. The van der Waals surface area contributed by atoms with Crippen molar-refractivity contribution in [2.24, 2.45) is 5.84 Å². The molecule has 0 radical (unpaired) electrons. The molecule has 0 aliphatic heterocycles. The van der Waals surface area contributed by atoms with Crippen LogP contribution in [0, 0.1) is 19.3 Å². The highest BCUT2D eigenvalue weighted by Gasteiger charge is 2.04. The zero-order valence-electron chi connectivity index (χ0n) is 6.91. The van der Waals surface area contributed by atoms with E-state index in [0.717, 1.165) is 11.3 Å². The second-order valence-electron chi connectivity index (χ2n) is 2.50. The van der Waals surface area contributed by atoms with Crippen molar-refractivity contribution in [3.8, 4) is 12.3 Å². The van der Waals surface area contributed by atoms with Gasteiger partial charge in [0, 0.05) is 17.5 Å². The van der Waals surface area contributed by atoms with E-state index in [1.54, 1.807) is 6.20 Å². The van der Waals surface area contributed by atoms with Crippen LogP contribution in [0.5, 0.6) is 0 Å². The summed E-state index contributed by atoms with van der Waals surface area (Å²) in [6, 6.07) is 3.56. The third-order valence-corrected chi connectivity index (χ3v) is 1.60. The fourth-order valence-electron chi connectivity index (χ4n) is 0.891. The summed E-state index contributed by atoms with van der Waals surface area (Å²) in [5.74, 6) is 7.74. The Morgan fingerprint density at radius 3 is 2.83 bits per heavy atom. The summed E-state index contributed by atoms with van der Waals surface area (Å²) in [7, 11) is 0. The number of hydrogen-bond donors (Lipinski definition) is 2. The summed E-state index contributed by atoms with van der Waals surface area (Å²) in [6.07, 6.45) is 6.96. The van der Waals surface area contributed by atoms with Crippen molar-refractivity contribution < 1.29 is 0 Å². The van der Waals surface area contributed by atoms with Gasteiger partial charge in [0.25, 0.3) is 0 Å². The van der Waals surface area contributed by atoms with Crippen molar-refractivity contribution in [1.29, 1.82) is 0 Å². The zero-order valence-corrected chi connectivity index (χ0v) is 6.91. The minimum Gasteiger partial charge on any atom is -0.270 e. The summed E-state index contributed by atoms with van der Waals surface area (Å²) in [5, 5.41) is 0. The van der Waals surface area contributed by atoms with Crippen LogP contribution in [0.2, 0.25) is 0 Å². The molecular weight excluding hydrogens is 150 g/mol. The van der Waals surface area contributed by atoms with E-state index in [1.807, 2.05) is 19.1 Å². The Kier molecular flexibility index (Phi) is 2.81.